The number of hydrogen-bond donors (Lipinski definition) is 1. The van der Waals surface area contributed by atoms with Crippen LogP contribution in [0.4, 0.5) is 23.2 Å². The molecule has 0 radical (unpaired) electrons. The minimum atomic E-state index is -4.56. The van der Waals surface area contributed by atoms with Gasteiger partial charge in [-0.25, -0.2) is 4.39 Å². The zero-order valence-corrected chi connectivity index (χ0v) is 28.4. The molecule has 4 saturated heterocycles. The van der Waals surface area contributed by atoms with Crippen molar-refractivity contribution in [3.63, 3.8) is 0 Å². The van der Waals surface area contributed by atoms with E-state index in [0.29, 0.717) is 35.5 Å². The van der Waals surface area contributed by atoms with Gasteiger partial charge in [-0.1, -0.05) is 25.1 Å². The van der Waals surface area contributed by atoms with Crippen LogP contribution in [0.5, 0.6) is 5.75 Å². The number of aliphatic carboxylic acids is 1. The molecule has 5 aliphatic heterocycles. The van der Waals surface area contributed by atoms with Crippen LogP contribution in [0.1, 0.15) is 67.6 Å². The van der Waals surface area contributed by atoms with Gasteiger partial charge < -0.3 is 24.5 Å². The van der Waals surface area contributed by atoms with Crippen molar-refractivity contribution in [3.8, 4) is 5.75 Å². The van der Waals surface area contributed by atoms with E-state index in [1.807, 2.05) is 16.7 Å². The summed E-state index contributed by atoms with van der Waals surface area (Å²) in [6.07, 6.45) is -1.33. The molecule has 13 heteroatoms. The van der Waals surface area contributed by atoms with Crippen LogP contribution in [0.2, 0.25) is 0 Å². The Labute approximate surface area is 289 Å². The molecule has 5 aliphatic rings. The largest absolute Gasteiger partial charge is 0.497 e. The Kier molecular flexibility index (Phi) is 9.01. The lowest BCUT2D eigenvalue weighted by Crippen LogP contribution is -2.53. The number of rotatable bonds is 7. The molecule has 9 nitrogen and oxygen atoms in total. The molecule has 0 bridgehead atoms. The molecule has 2 aromatic carbocycles. The van der Waals surface area contributed by atoms with Crippen LogP contribution in [-0.2, 0) is 20.6 Å². The lowest BCUT2D eigenvalue weighted by molar-refractivity contribution is -0.144. The fraction of sp³-hybridized carbons (Fsp3) is 0.595. The molecule has 270 valence electrons. The molecule has 0 aliphatic carbocycles. The maximum atomic E-state index is 17.8. The molecule has 0 spiro atoms. The second-order valence-corrected chi connectivity index (χ2v) is 14.7. The summed E-state index contributed by atoms with van der Waals surface area (Å²) in [5, 5.41) is 9.87. The van der Waals surface area contributed by atoms with Gasteiger partial charge in [0.2, 0.25) is 11.6 Å². The standard InChI is InChI=1S/C37H44F4N4O5/c1-3-25-5-4-13-44(25)33(46)20-42-19-30(22-6-9-26(50-2)10-7-22)36(38,21-42)35(49)43-17-28-27-11-8-24(37(39,40)41)16-32(27)45-14-12-23(34(47)48)15-31(45)29(28)18-43/h6-11,16,23,25,28-31H,3-5,12-15,17-21H2,1-2H3,(H,47,48)/t23?,25-,28-,29?,30+,31+,36+/m1/s1. The van der Waals surface area contributed by atoms with E-state index in [2.05, 4.69) is 0 Å². The zero-order valence-electron chi connectivity index (χ0n) is 28.4. The highest BCUT2D eigenvalue weighted by atomic mass is 19.4. The molecule has 7 atom stereocenters. The van der Waals surface area contributed by atoms with Crippen molar-refractivity contribution in [1.82, 2.24) is 14.7 Å². The zero-order chi connectivity index (χ0) is 35.5. The SMILES string of the molecule is CC[C@@H]1CCCN1C(=O)CN1C[C@@H](c2ccc(OC)cc2)[C@](F)(C(=O)N2CC3[C@H](C2)c2ccc(C(F)(F)F)cc2N2CCC(C(=O)O)C[C@@H]32)C1. The molecule has 7 rings (SSSR count). The maximum absolute atomic E-state index is 17.8. The fourth-order valence-electron chi connectivity index (χ4n) is 9.50. The van der Waals surface area contributed by atoms with Gasteiger partial charge >= 0.3 is 12.1 Å². The Morgan fingerprint density at radius 3 is 2.46 bits per heavy atom. The summed E-state index contributed by atoms with van der Waals surface area (Å²) in [7, 11) is 1.53. The normalized spacial score (nSPS) is 31.0. The number of anilines is 1. The average molecular weight is 701 g/mol. The van der Waals surface area contributed by atoms with E-state index in [1.54, 1.807) is 29.2 Å². The second kappa shape index (κ2) is 13.0. The highest BCUT2D eigenvalue weighted by molar-refractivity contribution is 5.88. The first-order chi connectivity index (χ1) is 23.8. The second-order valence-electron chi connectivity index (χ2n) is 14.7. The molecular formula is C37H44F4N4O5. The minimum Gasteiger partial charge on any atom is -0.497 e. The summed E-state index contributed by atoms with van der Waals surface area (Å²) in [5.41, 5.74) is -1.49. The first-order valence-corrected chi connectivity index (χ1v) is 17.7. The number of methoxy groups -OCH3 is 1. The molecule has 0 saturated carbocycles. The molecule has 2 unspecified atom stereocenters. The number of hydrogen-bond acceptors (Lipinski definition) is 6. The summed E-state index contributed by atoms with van der Waals surface area (Å²) in [6, 6.07) is 10.3. The smallest absolute Gasteiger partial charge is 0.416 e. The lowest BCUT2D eigenvalue weighted by atomic mass is 9.73. The number of fused-ring (bicyclic) bond motifs is 6. The summed E-state index contributed by atoms with van der Waals surface area (Å²) < 4.78 is 64.6. The van der Waals surface area contributed by atoms with Gasteiger partial charge in [0.15, 0.2) is 0 Å². The number of carboxylic acid groups (broad SMARTS) is 1. The predicted molar refractivity (Wildman–Crippen MR) is 177 cm³/mol. The molecule has 1 N–H and O–H groups in total. The van der Waals surface area contributed by atoms with Crippen LogP contribution in [-0.4, -0.2) is 108 Å². The maximum Gasteiger partial charge on any atom is 0.416 e. The summed E-state index contributed by atoms with van der Waals surface area (Å²) in [6.45, 7) is 3.13. The van der Waals surface area contributed by atoms with Gasteiger partial charge in [-0.15, -0.1) is 0 Å². The molecule has 4 fully saturated rings. The molecule has 2 aromatic rings. The topological polar surface area (TPSA) is 93.6 Å². The monoisotopic (exact) mass is 700 g/mol. The van der Waals surface area contributed by atoms with Gasteiger partial charge in [-0.3, -0.25) is 19.3 Å². The van der Waals surface area contributed by atoms with Crippen LogP contribution in [0.15, 0.2) is 42.5 Å². The third-order valence-corrected chi connectivity index (χ3v) is 12.1. The number of halogens is 4. The van der Waals surface area contributed by atoms with Crippen LogP contribution in [0.25, 0.3) is 0 Å². The van der Waals surface area contributed by atoms with Crippen LogP contribution in [0, 0.1) is 11.8 Å². The van der Waals surface area contributed by atoms with Crippen molar-refractivity contribution in [2.24, 2.45) is 11.8 Å². The predicted octanol–water partition coefficient (Wildman–Crippen LogP) is 5.15. The number of alkyl halides is 4. The van der Waals surface area contributed by atoms with Crippen molar-refractivity contribution in [3.05, 3.63) is 59.2 Å². The highest BCUT2D eigenvalue weighted by Crippen LogP contribution is 2.52. The number of ether oxygens (including phenoxy) is 1. The molecular weight excluding hydrogens is 656 g/mol. The number of amides is 2. The Morgan fingerprint density at radius 2 is 1.78 bits per heavy atom. The molecule has 2 amide bonds. The Morgan fingerprint density at radius 1 is 1.02 bits per heavy atom. The van der Waals surface area contributed by atoms with E-state index < -0.39 is 47.2 Å². The Balaban J connectivity index is 1.19. The molecule has 5 heterocycles. The third-order valence-electron chi connectivity index (χ3n) is 12.1. The van der Waals surface area contributed by atoms with E-state index in [-0.39, 0.29) is 69.5 Å². The van der Waals surface area contributed by atoms with E-state index >= 15 is 4.39 Å². The van der Waals surface area contributed by atoms with E-state index in [9.17, 15) is 32.7 Å². The first-order valence-electron chi connectivity index (χ1n) is 17.7. The summed E-state index contributed by atoms with van der Waals surface area (Å²) in [5.74, 6) is -3.35. The lowest BCUT2D eigenvalue weighted by Gasteiger charge is -2.49. The van der Waals surface area contributed by atoms with Crippen molar-refractivity contribution in [1.29, 1.82) is 0 Å². The van der Waals surface area contributed by atoms with Gasteiger partial charge in [-0.05, 0) is 67.5 Å². The van der Waals surface area contributed by atoms with Gasteiger partial charge in [0, 0.05) is 74.8 Å². The minimum absolute atomic E-state index is 0.00409. The van der Waals surface area contributed by atoms with Crippen LogP contribution >= 0.6 is 0 Å². The Hall–Kier alpha value is -3.87. The van der Waals surface area contributed by atoms with Crippen LogP contribution in [0.3, 0.4) is 0 Å². The van der Waals surface area contributed by atoms with Gasteiger partial charge in [0.1, 0.15) is 5.75 Å². The number of benzene rings is 2. The number of carbonyl (C=O) groups is 3. The number of likely N-dealkylation sites (tertiary alicyclic amines) is 3. The first kappa shape index (κ1) is 34.6. The van der Waals surface area contributed by atoms with Crippen LogP contribution < -0.4 is 9.64 Å². The number of carbonyl (C=O) groups excluding carboxylic acids is 2. The molecule has 50 heavy (non-hydrogen) atoms. The van der Waals surface area contributed by atoms with Crippen molar-refractivity contribution < 1.29 is 41.8 Å². The average Bonchev–Trinajstić information content (AvgIpc) is 3.85. The summed E-state index contributed by atoms with van der Waals surface area (Å²) in [4.78, 5) is 47.1. The fourth-order valence-corrected chi connectivity index (χ4v) is 9.50. The number of nitrogens with zero attached hydrogens (tertiary/aromatic N) is 4. The number of piperidine rings is 1. The van der Waals surface area contributed by atoms with Gasteiger partial charge in [-0.2, -0.15) is 13.2 Å². The quantitative estimate of drug-likeness (QED) is 0.400. The van der Waals surface area contributed by atoms with E-state index in [0.717, 1.165) is 31.4 Å². The van der Waals surface area contributed by atoms with E-state index in [1.165, 1.54) is 18.1 Å². The van der Waals surface area contributed by atoms with E-state index in [4.69, 9.17) is 4.74 Å². The van der Waals surface area contributed by atoms with Crippen molar-refractivity contribution >= 4 is 23.5 Å². The highest BCUT2D eigenvalue weighted by Gasteiger charge is 2.58. The number of carboxylic acids is 1. The third kappa shape index (κ3) is 5.98. The van der Waals surface area contributed by atoms with Gasteiger partial charge in [0.25, 0.3) is 5.91 Å². The molecule has 0 aromatic heterocycles. The van der Waals surface area contributed by atoms with Crippen molar-refractivity contribution in [2.45, 2.75) is 74.8 Å². The Bertz CT molecular complexity index is 1640. The van der Waals surface area contributed by atoms with Gasteiger partial charge in [0.05, 0.1) is 25.1 Å². The summed E-state index contributed by atoms with van der Waals surface area (Å²) >= 11 is 0. The van der Waals surface area contributed by atoms with Crippen molar-refractivity contribution in [2.75, 3.05) is 57.8 Å².